The molecule has 0 saturated carbocycles. The maximum atomic E-state index is 13.8. The van der Waals surface area contributed by atoms with Gasteiger partial charge >= 0.3 is 5.69 Å². The van der Waals surface area contributed by atoms with Crippen molar-refractivity contribution in [1.82, 2.24) is 28.7 Å². The normalized spacial score (nSPS) is 15.9. The van der Waals surface area contributed by atoms with E-state index in [0.717, 1.165) is 24.8 Å². The molecule has 4 heterocycles. The number of ether oxygens (including phenoxy) is 2. The van der Waals surface area contributed by atoms with E-state index in [4.69, 9.17) is 26.1 Å². The van der Waals surface area contributed by atoms with Crippen LogP contribution in [0.25, 0.3) is 22.7 Å². The monoisotopic (exact) mass is 524 g/mol. The molecule has 0 radical (unpaired) electrons. The number of aromatic nitrogens is 6. The first-order valence-electron chi connectivity index (χ1n) is 12.6. The van der Waals surface area contributed by atoms with Crippen LogP contribution in [0.3, 0.4) is 0 Å². The molecule has 1 atom stereocenters. The van der Waals surface area contributed by atoms with Crippen molar-refractivity contribution in [3.8, 4) is 11.5 Å². The summed E-state index contributed by atoms with van der Waals surface area (Å²) in [5.41, 5.74) is 1.11. The minimum absolute atomic E-state index is 0.167. The topological polar surface area (TPSA) is 106 Å². The molecule has 37 heavy (non-hydrogen) atoms. The van der Waals surface area contributed by atoms with Gasteiger partial charge in [0.05, 0.1) is 6.61 Å². The third kappa shape index (κ3) is 5.22. The number of rotatable bonds is 9. The molecule has 4 aromatic rings. The summed E-state index contributed by atoms with van der Waals surface area (Å²) >= 11 is 6.38. The van der Waals surface area contributed by atoms with Crippen molar-refractivity contribution >= 4 is 22.8 Å². The van der Waals surface area contributed by atoms with Gasteiger partial charge in [-0.25, -0.2) is 19.7 Å². The summed E-state index contributed by atoms with van der Waals surface area (Å²) in [5, 5.41) is 0.167. The largest absolute Gasteiger partial charge is 0.353 e. The minimum atomic E-state index is -0.409. The van der Waals surface area contributed by atoms with E-state index >= 15 is 0 Å². The lowest BCUT2D eigenvalue weighted by Gasteiger charge is -2.22. The van der Waals surface area contributed by atoms with Crippen molar-refractivity contribution < 1.29 is 9.47 Å². The van der Waals surface area contributed by atoms with Crippen LogP contribution in [0.2, 0.25) is 5.15 Å². The van der Waals surface area contributed by atoms with Gasteiger partial charge in [0.1, 0.15) is 5.69 Å². The number of benzene rings is 1. The summed E-state index contributed by atoms with van der Waals surface area (Å²) in [6.45, 7) is 3.86. The zero-order chi connectivity index (χ0) is 25.8. The molecule has 0 bridgehead atoms. The van der Waals surface area contributed by atoms with Crippen molar-refractivity contribution in [2.24, 2.45) is 0 Å². The predicted molar refractivity (Wildman–Crippen MR) is 140 cm³/mol. The Hall–Kier alpha value is -3.34. The Kier molecular flexibility index (Phi) is 7.78. The van der Waals surface area contributed by atoms with E-state index in [1.807, 2.05) is 37.3 Å². The Balaban J connectivity index is 1.58. The molecule has 1 fully saturated rings. The van der Waals surface area contributed by atoms with Crippen molar-refractivity contribution in [2.75, 3.05) is 13.2 Å². The van der Waals surface area contributed by atoms with Gasteiger partial charge in [-0.2, -0.15) is 0 Å². The second-order valence-electron chi connectivity index (χ2n) is 8.88. The Bertz CT molecular complexity index is 1490. The van der Waals surface area contributed by atoms with Gasteiger partial charge in [0.25, 0.3) is 5.56 Å². The predicted octanol–water partition coefficient (Wildman–Crippen LogP) is 3.47. The number of hydrogen-bond acceptors (Lipinski definition) is 7. The van der Waals surface area contributed by atoms with E-state index in [-0.39, 0.29) is 18.0 Å². The van der Waals surface area contributed by atoms with Crippen LogP contribution in [-0.4, -0.2) is 48.2 Å². The van der Waals surface area contributed by atoms with Gasteiger partial charge in [-0.15, -0.1) is 0 Å². The Morgan fingerprint density at radius 2 is 1.89 bits per heavy atom. The van der Waals surface area contributed by atoms with Crippen molar-refractivity contribution in [2.45, 2.75) is 58.5 Å². The summed E-state index contributed by atoms with van der Waals surface area (Å²) < 4.78 is 16.0. The van der Waals surface area contributed by atoms with Gasteiger partial charge in [0.2, 0.25) is 0 Å². The SMILES string of the molecule is CCn1c(=O)n(CCCOC2CCCCO2)c(=O)c2c1nc(-c1nccnc1Cl)n2Cc1ccccc1. The molecule has 1 saturated heterocycles. The molecule has 1 aromatic carbocycles. The van der Waals surface area contributed by atoms with E-state index in [1.165, 1.54) is 21.5 Å². The summed E-state index contributed by atoms with van der Waals surface area (Å²) in [6, 6.07) is 9.72. The van der Waals surface area contributed by atoms with Crippen LogP contribution >= 0.6 is 11.6 Å². The van der Waals surface area contributed by atoms with Crippen LogP contribution in [0.1, 0.15) is 38.2 Å². The molecule has 1 aliphatic rings. The number of nitrogens with zero attached hydrogens (tertiary/aromatic N) is 6. The lowest BCUT2D eigenvalue weighted by atomic mass is 10.2. The highest BCUT2D eigenvalue weighted by atomic mass is 35.5. The molecular formula is C26H29ClN6O4. The van der Waals surface area contributed by atoms with Crippen LogP contribution in [-0.2, 0) is 29.1 Å². The van der Waals surface area contributed by atoms with Crippen LogP contribution in [0.15, 0.2) is 52.3 Å². The zero-order valence-corrected chi connectivity index (χ0v) is 21.4. The minimum Gasteiger partial charge on any atom is -0.353 e. The smallest absolute Gasteiger partial charge is 0.332 e. The molecule has 0 aliphatic carbocycles. The van der Waals surface area contributed by atoms with E-state index in [1.54, 1.807) is 4.57 Å². The number of hydrogen-bond donors (Lipinski definition) is 0. The summed E-state index contributed by atoms with van der Waals surface area (Å²) in [7, 11) is 0. The molecule has 1 unspecified atom stereocenters. The fourth-order valence-electron chi connectivity index (χ4n) is 4.62. The fourth-order valence-corrected chi connectivity index (χ4v) is 4.81. The van der Waals surface area contributed by atoms with Crippen molar-refractivity contribution in [1.29, 1.82) is 0 Å². The molecule has 5 rings (SSSR count). The molecular weight excluding hydrogens is 496 g/mol. The Morgan fingerprint density at radius 1 is 1.08 bits per heavy atom. The van der Waals surface area contributed by atoms with E-state index in [9.17, 15) is 9.59 Å². The van der Waals surface area contributed by atoms with E-state index in [0.29, 0.717) is 55.4 Å². The average Bonchev–Trinajstić information content (AvgIpc) is 3.28. The first-order chi connectivity index (χ1) is 18.1. The van der Waals surface area contributed by atoms with Crippen LogP contribution in [0.5, 0.6) is 0 Å². The summed E-state index contributed by atoms with van der Waals surface area (Å²) in [6.07, 6.45) is 6.28. The van der Waals surface area contributed by atoms with Crippen molar-refractivity contribution in [3.05, 3.63) is 74.3 Å². The van der Waals surface area contributed by atoms with E-state index < -0.39 is 11.2 Å². The maximum Gasteiger partial charge on any atom is 0.332 e. The highest BCUT2D eigenvalue weighted by molar-refractivity contribution is 6.31. The van der Waals surface area contributed by atoms with Gasteiger partial charge in [0, 0.05) is 38.6 Å². The second-order valence-corrected chi connectivity index (χ2v) is 9.24. The number of halogens is 1. The van der Waals surface area contributed by atoms with E-state index in [2.05, 4.69) is 9.97 Å². The zero-order valence-electron chi connectivity index (χ0n) is 20.7. The molecule has 0 N–H and O–H groups in total. The molecule has 1 aliphatic heterocycles. The molecule has 0 spiro atoms. The van der Waals surface area contributed by atoms with Crippen molar-refractivity contribution in [3.63, 3.8) is 0 Å². The highest BCUT2D eigenvalue weighted by Crippen LogP contribution is 2.26. The standard InChI is InChI=1S/C26H29ClN6O4/c1-2-31-24-21(25(34)32(26(31)35)14-8-16-37-19-11-6-7-15-36-19)33(17-18-9-4-3-5-10-18)23(30-24)20-22(27)29-13-12-28-20/h3-5,9-10,12-13,19H,2,6-8,11,14-17H2,1H3. The quantitative estimate of drug-likeness (QED) is 0.309. The number of aryl methyl sites for hydroxylation is 1. The van der Waals surface area contributed by atoms with Gasteiger partial charge in [-0.1, -0.05) is 41.9 Å². The summed E-state index contributed by atoms with van der Waals surface area (Å²) in [4.78, 5) is 40.4. The lowest BCUT2D eigenvalue weighted by molar-refractivity contribution is -0.163. The van der Waals surface area contributed by atoms with Gasteiger partial charge < -0.3 is 14.0 Å². The number of imidazole rings is 1. The first-order valence-corrected chi connectivity index (χ1v) is 12.9. The third-order valence-electron chi connectivity index (χ3n) is 6.45. The van der Waals surface area contributed by atoms with Crippen LogP contribution in [0.4, 0.5) is 0 Å². The summed E-state index contributed by atoms with van der Waals surface area (Å²) in [5.74, 6) is 0.381. The highest BCUT2D eigenvalue weighted by Gasteiger charge is 2.24. The molecule has 0 amide bonds. The van der Waals surface area contributed by atoms with Gasteiger partial charge in [0.15, 0.2) is 28.4 Å². The lowest BCUT2D eigenvalue weighted by Crippen LogP contribution is -2.40. The Labute approximate surface area is 218 Å². The molecule has 3 aromatic heterocycles. The second kappa shape index (κ2) is 11.4. The van der Waals surface area contributed by atoms with Crippen LogP contribution < -0.4 is 11.2 Å². The third-order valence-corrected chi connectivity index (χ3v) is 6.72. The molecule has 194 valence electrons. The van der Waals surface area contributed by atoms with Gasteiger partial charge in [-0.3, -0.25) is 13.9 Å². The molecule has 11 heteroatoms. The number of fused-ring (bicyclic) bond motifs is 1. The molecule has 10 nitrogen and oxygen atoms in total. The maximum absolute atomic E-state index is 13.8. The Morgan fingerprint density at radius 3 is 2.62 bits per heavy atom. The first kappa shape index (κ1) is 25.3. The average molecular weight is 525 g/mol. The van der Waals surface area contributed by atoms with Gasteiger partial charge in [-0.05, 0) is 38.2 Å². The van der Waals surface area contributed by atoms with Crippen LogP contribution in [0, 0.1) is 0 Å². The fraction of sp³-hybridized carbons (Fsp3) is 0.423.